The minimum absolute atomic E-state index is 0.131. The number of hydrogen-bond donors (Lipinski definition) is 1. The molecule has 2 heterocycles. The van der Waals surface area contributed by atoms with Crippen LogP contribution in [0.25, 0.3) is 0 Å². The van der Waals surface area contributed by atoms with E-state index < -0.39 is 5.79 Å². The number of aliphatic hydroxyl groups excluding tert-OH is 1. The van der Waals surface area contributed by atoms with Gasteiger partial charge in [0.1, 0.15) is 5.78 Å². The van der Waals surface area contributed by atoms with E-state index in [1.807, 2.05) is 0 Å². The third kappa shape index (κ3) is 2.68. The van der Waals surface area contributed by atoms with Gasteiger partial charge in [0.2, 0.25) is 0 Å². The first-order valence-electron chi connectivity index (χ1n) is 13.2. The number of carbonyl (C=O) groups is 1. The molecular weight excluding hydrogens is 388 g/mol. The average Bonchev–Trinajstić information content (AvgIpc) is 3.18. The van der Waals surface area contributed by atoms with Crippen LogP contribution in [0, 0.1) is 52.3 Å². The first-order valence-corrected chi connectivity index (χ1v) is 13.2. The summed E-state index contributed by atoms with van der Waals surface area (Å²) >= 11 is 0. The molecule has 1 N–H and O–H groups in total. The summed E-state index contributed by atoms with van der Waals surface area (Å²) in [7, 11) is 0. The lowest BCUT2D eigenvalue weighted by Gasteiger charge is -2.60. The largest absolute Gasteiger partial charge is 0.393 e. The summed E-state index contributed by atoms with van der Waals surface area (Å²) in [5.41, 5.74) is -0.0221. The van der Waals surface area contributed by atoms with Crippen LogP contribution in [0.1, 0.15) is 85.5 Å². The second-order valence-electron chi connectivity index (χ2n) is 13.0. The van der Waals surface area contributed by atoms with Gasteiger partial charge >= 0.3 is 0 Å². The van der Waals surface area contributed by atoms with Crippen molar-refractivity contribution in [3.8, 4) is 0 Å². The minimum Gasteiger partial charge on any atom is -0.393 e. The molecule has 6 rings (SSSR count). The molecule has 0 aromatic heterocycles. The number of aliphatic hydroxyl groups is 1. The Morgan fingerprint density at radius 3 is 2.55 bits per heavy atom. The number of carbonyl (C=O) groups excluding carboxylic acids is 1. The highest BCUT2D eigenvalue weighted by Gasteiger charge is 2.71. The van der Waals surface area contributed by atoms with Crippen LogP contribution < -0.4 is 0 Å². The number of ketones is 1. The zero-order valence-corrected chi connectivity index (χ0v) is 19.9. The van der Waals surface area contributed by atoms with Gasteiger partial charge in [-0.2, -0.15) is 0 Å². The number of hydrogen-bond acceptors (Lipinski definition) is 4. The van der Waals surface area contributed by atoms with Gasteiger partial charge in [-0.3, -0.25) is 4.79 Å². The zero-order chi connectivity index (χ0) is 21.8. The Morgan fingerprint density at radius 1 is 1.00 bits per heavy atom. The third-order valence-corrected chi connectivity index (χ3v) is 11.8. The Hall–Kier alpha value is -0.450. The van der Waals surface area contributed by atoms with Crippen molar-refractivity contribution in [2.75, 3.05) is 6.61 Å². The summed E-state index contributed by atoms with van der Waals surface area (Å²) in [6, 6.07) is 0. The lowest BCUT2D eigenvalue weighted by Crippen LogP contribution is -2.58. The molecule has 4 saturated carbocycles. The third-order valence-electron chi connectivity index (χ3n) is 11.8. The van der Waals surface area contributed by atoms with Crippen molar-refractivity contribution < 1.29 is 19.4 Å². The maximum absolute atomic E-state index is 14.0. The minimum atomic E-state index is -0.448. The van der Waals surface area contributed by atoms with E-state index in [2.05, 4.69) is 27.7 Å². The fourth-order valence-electron chi connectivity index (χ4n) is 9.93. The maximum Gasteiger partial charge on any atom is 0.171 e. The normalized spacial score (nSPS) is 60.9. The smallest absolute Gasteiger partial charge is 0.171 e. The van der Waals surface area contributed by atoms with Gasteiger partial charge < -0.3 is 14.6 Å². The van der Waals surface area contributed by atoms with Crippen LogP contribution in [-0.4, -0.2) is 35.5 Å². The van der Waals surface area contributed by atoms with Crippen LogP contribution in [0.2, 0.25) is 0 Å². The maximum atomic E-state index is 14.0. The highest BCUT2D eigenvalue weighted by atomic mass is 16.7. The molecule has 4 nitrogen and oxygen atoms in total. The number of Topliss-reactive ketones (excluding diaryl/α,β-unsaturated/α-hetero) is 1. The fourth-order valence-corrected chi connectivity index (χ4v) is 9.93. The van der Waals surface area contributed by atoms with E-state index in [-0.39, 0.29) is 29.0 Å². The van der Waals surface area contributed by atoms with Gasteiger partial charge in [0.15, 0.2) is 5.79 Å². The van der Waals surface area contributed by atoms with E-state index >= 15 is 0 Å². The van der Waals surface area contributed by atoms with Crippen molar-refractivity contribution >= 4 is 5.78 Å². The second-order valence-corrected chi connectivity index (χ2v) is 13.0. The fraction of sp³-hybridized carbons (Fsp3) is 0.963. The van der Waals surface area contributed by atoms with E-state index in [0.717, 1.165) is 51.6 Å². The van der Waals surface area contributed by atoms with Crippen LogP contribution >= 0.6 is 0 Å². The second kappa shape index (κ2) is 6.79. The molecule has 0 aromatic carbocycles. The van der Waals surface area contributed by atoms with Crippen molar-refractivity contribution in [3.05, 3.63) is 0 Å². The van der Waals surface area contributed by atoms with Gasteiger partial charge in [-0.25, -0.2) is 0 Å². The van der Waals surface area contributed by atoms with Crippen molar-refractivity contribution in [3.63, 3.8) is 0 Å². The molecule has 31 heavy (non-hydrogen) atoms. The quantitative estimate of drug-likeness (QED) is 0.589. The molecule has 0 bridgehead atoms. The summed E-state index contributed by atoms with van der Waals surface area (Å²) in [5, 5.41) is 10.3. The highest BCUT2D eigenvalue weighted by Crippen LogP contribution is 2.70. The highest BCUT2D eigenvalue weighted by molar-refractivity contribution is 5.87. The predicted octanol–water partition coefficient (Wildman–Crippen LogP) is 4.97. The molecule has 0 radical (unpaired) electrons. The molecule has 4 aliphatic carbocycles. The van der Waals surface area contributed by atoms with Gasteiger partial charge in [0.05, 0.1) is 18.8 Å². The standard InChI is InChI=1S/C27H42O4/c1-15-7-10-27(30-14-15)16(2)24-22(31-27)12-21-19-6-5-17-11-18(28)8-9-25(17,3)20(19)13-23(29)26(21,24)4/h15-22,24,28H,5-14H2,1-4H3/t15-,16-,17+,18+,19+,20-,21+,22+,24-,25+,26+,27+/m0/s1. The summed E-state index contributed by atoms with van der Waals surface area (Å²) in [4.78, 5) is 14.0. The monoisotopic (exact) mass is 430 g/mol. The Balaban J connectivity index is 1.30. The lowest BCUT2D eigenvalue weighted by atomic mass is 9.44. The number of fused-ring (bicyclic) bond motifs is 7. The molecule has 2 aliphatic heterocycles. The van der Waals surface area contributed by atoms with Crippen molar-refractivity contribution in [2.24, 2.45) is 52.3 Å². The summed E-state index contributed by atoms with van der Waals surface area (Å²) in [5.74, 6) is 3.45. The van der Waals surface area contributed by atoms with Gasteiger partial charge in [0, 0.05) is 30.1 Å². The SMILES string of the molecule is C[C@H]1CC[C@@]2(OC1)O[C@@H]1C[C@@H]3[C@@H]4CC[C@@H]5C[C@H](O)CC[C@@]5(C)[C@H]4CC(=O)[C@]3(C)[C@H]1[C@@H]2C. The van der Waals surface area contributed by atoms with Crippen LogP contribution in [0.4, 0.5) is 0 Å². The number of ether oxygens (including phenoxy) is 2. The average molecular weight is 431 g/mol. The molecule has 12 atom stereocenters. The molecule has 174 valence electrons. The van der Waals surface area contributed by atoms with E-state index in [0.29, 0.717) is 41.3 Å². The van der Waals surface area contributed by atoms with E-state index in [9.17, 15) is 9.90 Å². The van der Waals surface area contributed by atoms with E-state index in [1.54, 1.807) is 0 Å². The Bertz CT molecular complexity index is 756. The lowest BCUT2D eigenvalue weighted by molar-refractivity contribution is -0.272. The molecule has 0 aromatic rings. The molecule has 0 unspecified atom stereocenters. The first kappa shape index (κ1) is 21.1. The van der Waals surface area contributed by atoms with Gasteiger partial charge in [-0.05, 0) is 80.0 Å². The van der Waals surface area contributed by atoms with E-state index in [4.69, 9.17) is 9.47 Å². The topological polar surface area (TPSA) is 55.8 Å². The van der Waals surface area contributed by atoms with E-state index in [1.165, 1.54) is 12.8 Å². The van der Waals surface area contributed by atoms with Crippen LogP contribution in [0.15, 0.2) is 0 Å². The molecule has 6 aliphatic rings. The summed E-state index contributed by atoms with van der Waals surface area (Å²) in [6.45, 7) is 10.1. The zero-order valence-electron chi connectivity index (χ0n) is 19.9. The Labute approximate surface area is 187 Å². The summed E-state index contributed by atoms with van der Waals surface area (Å²) in [6.07, 6.45) is 9.39. The van der Waals surface area contributed by atoms with Crippen molar-refractivity contribution in [1.29, 1.82) is 0 Å². The molecule has 1 spiro atoms. The van der Waals surface area contributed by atoms with Gasteiger partial charge in [-0.15, -0.1) is 0 Å². The first-order chi connectivity index (χ1) is 14.7. The van der Waals surface area contributed by atoms with Gasteiger partial charge in [0.25, 0.3) is 0 Å². The van der Waals surface area contributed by atoms with Crippen molar-refractivity contribution in [1.82, 2.24) is 0 Å². The predicted molar refractivity (Wildman–Crippen MR) is 118 cm³/mol. The molecule has 2 saturated heterocycles. The number of rotatable bonds is 0. The van der Waals surface area contributed by atoms with Crippen LogP contribution in [0.3, 0.4) is 0 Å². The van der Waals surface area contributed by atoms with Crippen LogP contribution in [0.5, 0.6) is 0 Å². The van der Waals surface area contributed by atoms with Crippen LogP contribution in [-0.2, 0) is 14.3 Å². The Morgan fingerprint density at radius 2 is 1.81 bits per heavy atom. The van der Waals surface area contributed by atoms with Crippen molar-refractivity contribution in [2.45, 2.75) is 103 Å². The molecular formula is C27H42O4. The molecule has 4 heteroatoms. The molecule has 0 amide bonds. The Kier molecular flexibility index (Phi) is 4.62. The molecule has 6 fully saturated rings. The summed E-state index contributed by atoms with van der Waals surface area (Å²) < 4.78 is 13.2. The van der Waals surface area contributed by atoms with Gasteiger partial charge in [-0.1, -0.05) is 27.7 Å².